The number of aliphatic hydroxyl groups excluding tert-OH is 2. The van der Waals surface area contributed by atoms with Gasteiger partial charge in [-0.1, -0.05) is 262 Å². The maximum Gasteiger partial charge on any atom is 0.305 e. The Morgan fingerprint density at radius 1 is 0.431 bits per heavy atom. The van der Waals surface area contributed by atoms with E-state index in [1.807, 2.05) is 6.08 Å². The van der Waals surface area contributed by atoms with Gasteiger partial charge in [-0.15, -0.1) is 0 Å². The summed E-state index contributed by atoms with van der Waals surface area (Å²) < 4.78 is 5.44. The first-order valence-corrected chi connectivity index (χ1v) is 28.8. The number of unbranched alkanes of at least 4 members (excludes halogenated alkanes) is 39. The Hall–Kier alpha value is -1.92. The van der Waals surface area contributed by atoms with E-state index in [9.17, 15) is 19.8 Å². The van der Waals surface area contributed by atoms with E-state index in [-0.39, 0.29) is 18.5 Å². The molecule has 0 spiro atoms. The molecule has 2 atom stereocenters. The minimum absolute atomic E-state index is 0.0136. The molecular weight excluding hydrogens is 803 g/mol. The van der Waals surface area contributed by atoms with Crippen LogP contribution < -0.4 is 5.32 Å². The number of ether oxygens (including phenoxy) is 1. The van der Waals surface area contributed by atoms with Crippen LogP contribution in [0.2, 0.25) is 0 Å². The topological polar surface area (TPSA) is 95.9 Å². The Labute approximate surface area is 404 Å². The summed E-state index contributed by atoms with van der Waals surface area (Å²) in [7, 11) is 0. The first-order valence-electron chi connectivity index (χ1n) is 28.8. The van der Waals surface area contributed by atoms with E-state index in [1.54, 1.807) is 6.08 Å². The fourth-order valence-corrected chi connectivity index (χ4v) is 8.74. The normalized spacial score (nSPS) is 12.9. The number of amides is 1. The quantitative estimate of drug-likeness (QED) is 0.0244. The lowest BCUT2D eigenvalue weighted by Gasteiger charge is -2.20. The minimum Gasteiger partial charge on any atom is -0.466 e. The SMILES string of the molecule is CCCCCCCCCCCCCCCCC/C=C/C(O)C(CO)NC(=O)CCCCCCCCCCCC/C=C\C=C/CCCCCOC(=O)CCCCCCCCCCCCCC. The van der Waals surface area contributed by atoms with Crippen LogP contribution in [0.25, 0.3) is 0 Å². The van der Waals surface area contributed by atoms with Gasteiger partial charge in [-0.25, -0.2) is 0 Å². The summed E-state index contributed by atoms with van der Waals surface area (Å²) in [5.41, 5.74) is 0. The zero-order valence-corrected chi connectivity index (χ0v) is 43.5. The van der Waals surface area contributed by atoms with Crippen molar-refractivity contribution < 1.29 is 24.5 Å². The number of aliphatic hydroxyl groups is 2. The zero-order chi connectivity index (χ0) is 47.2. The zero-order valence-electron chi connectivity index (χ0n) is 43.5. The minimum atomic E-state index is -0.851. The number of hydrogen-bond donors (Lipinski definition) is 3. The first kappa shape index (κ1) is 63.1. The maximum absolute atomic E-state index is 12.5. The molecule has 382 valence electrons. The number of carbonyl (C=O) groups is 2. The number of nitrogens with one attached hydrogen (secondary N) is 1. The number of esters is 1. The molecule has 2 unspecified atom stereocenters. The van der Waals surface area contributed by atoms with Crippen LogP contribution >= 0.6 is 0 Å². The van der Waals surface area contributed by atoms with E-state index in [0.717, 1.165) is 77.0 Å². The van der Waals surface area contributed by atoms with Gasteiger partial charge in [0.25, 0.3) is 0 Å². The van der Waals surface area contributed by atoms with Crippen LogP contribution in [0.15, 0.2) is 36.5 Å². The Bertz CT molecular complexity index is 1060. The van der Waals surface area contributed by atoms with Gasteiger partial charge in [-0.3, -0.25) is 9.59 Å². The number of hydrogen-bond acceptors (Lipinski definition) is 5. The van der Waals surface area contributed by atoms with Gasteiger partial charge in [-0.05, 0) is 64.2 Å². The lowest BCUT2D eigenvalue weighted by molar-refractivity contribution is -0.143. The molecule has 3 N–H and O–H groups in total. The highest BCUT2D eigenvalue weighted by Crippen LogP contribution is 2.16. The molecule has 0 aliphatic heterocycles. The summed E-state index contributed by atoms with van der Waals surface area (Å²) in [6.45, 7) is 4.87. The number of carbonyl (C=O) groups excluding carboxylic acids is 2. The van der Waals surface area contributed by atoms with Gasteiger partial charge in [0.2, 0.25) is 5.91 Å². The van der Waals surface area contributed by atoms with E-state index in [4.69, 9.17) is 4.74 Å². The lowest BCUT2D eigenvalue weighted by atomic mass is 10.0. The molecule has 0 bridgehead atoms. The fraction of sp³-hybridized carbons (Fsp3) is 0.864. The average molecular weight is 915 g/mol. The van der Waals surface area contributed by atoms with Gasteiger partial charge in [0.1, 0.15) is 0 Å². The van der Waals surface area contributed by atoms with Gasteiger partial charge in [0.15, 0.2) is 0 Å². The fourth-order valence-electron chi connectivity index (χ4n) is 8.74. The average Bonchev–Trinajstić information content (AvgIpc) is 3.31. The van der Waals surface area contributed by atoms with Gasteiger partial charge >= 0.3 is 5.97 Å². The molecule has 0 heterocycles. The van der Waals surface area contributed by atoms with Gasteiger partial charge < -0.3 is 20.3 Å². The molecule has 6 nitrogen and oxygen atoms in total. The second-order valence-corrected chi connectivity index (χ2v) is 19.7. The molecule has 0 fully saturated rings. The molecule has 6 heteroatoms. The molecular formula is C59H111NO5. The predicted octanol–water partition coefficient (Wildman–Crippen LogP) is 17.6. The van der Waals surface area contributed by atoms with Crippen LogP contribution in [0.1, 0.15) is 303 Å². The summed E-state index contributed by atoms with van der Waals surface area (Å²) in [5, 5.41) is 23.1. The molecule has 0 aliphatic carbocycles. The Morgan fingerprint density at radius 3 is 1.14 bits per heavy atom. The molecule has 0 aromatic carbocycles. The van der Waals surface area contributed by atoms with Crippen LogP contribution in [0.5, 0.6) is 0 Å². The van der Waals surface area contributed by atoms with Crippen molar-refractivity contribution in [2.75, 3.05) is 13.2 Å². The molecule has 0 aliphatic rings. The second-order valence-electron chi connectivity index (χ2n) is 19.7. The van der Waals surface area contributed by atoms with Crippen LogP contribution in [-0.2, 0) is 14.3 Å². The van der Waals surface area contributed by atoms with Crippen molar-refractivity contribution in [3.05, 3.63) is 36.5 Å². The highest BCUT2D eigenvalue weighted by atomic mass is 16.5. The van der Waals surface area contributed by atoms with Gasteiger partial charge in [0, 0.05) is 12.8 Å². The largest absolute Gasteiger partial charge is 0.466 e. The summed E-state index contributed by atoms with van der Waals surface area (Å²) in [4.78, 5) is 24.5. The summed E-state index contributed by atoms with van der Waals surface area (Å²) in [6.07, 6.45) is 67.3. The maximum atomic E-state index is 12.5. The van der Waals surface area contributed by atoms with Crippen molar-refractivity contribution in [2.45, 2.75) is 315 Å². The van der Waals surface area contributed by atoms with Crippen molar-refractivity contribution in [3.8, 4) is 0 Å². The van der Waals surface area contributed by atoms with E-state index in [2.05, 4.69) is 43.5 Å². The monoisotopic (exact) mass is 914 g/mol. The van der Waals surface area contributed by atoms with E-state index in [1.165, 1.54) is 199 Å². The van der Waals surface area contributed by atoms with Crippen LogP contribution in [0.4, 0.5) is 0 Å². The molecule has 0 saturated heterocycles. The van der Waals surface area contributed by atoms with Crippen molar-refractivity contribution in [3.63, 3.8) is 0 Å². The molecule has 0 aromatic heterocycles. The number of allylic oxidation sites excluding steroid dienone is 5. The van der Waals surface area contributed by atoms with Gasteiger partial charge in [0.05, 0.1) is 25.4 Å². The highest BCUT2D eigenvalue weighted by Gasteiger charge is 2.18. The van der Waals surface area contributed by atoms with Crippen molar-refractivity contribution >= 4 is 11.9 Å². The highest BCUT2D eigenvalue weighted by molar-refractivity contribution is 5.76. The standard InChI is InChI=1S/C59H111NO5/c1-3-5-7-9-11-13-15-17-18-22-25-28-31-35-39-43-47-51-57(62)56(55-61)60-58(63)52-48-44-40-36-32-29-26-23-20-19-21-24-27-30-34-38-42-46-50-54-65-59(64)53-49-45-41-37-33-16-14-12-10-8-6-4-2/h24,27,30,34,47,51,56-57,61-62H,3-23,25-26,28-29,31-33,35-46,48-50,52-55H2,1-2H3,(H,60,63)/b27-24-,34-30-,51-47+. The molecule has 0 aromatic rings. The smallest absolute Gasteiger partial charge is 0.305 e. The molecule has 1 amide bonds. The van der Waals surface area contributed by atoms with E-state index in [0.29, 0.717) is 19.4 Å². The first-order chi connectivity index (χ1) is 32.0. The lowest BCUT2D eigenvalue weighted by Crippen LogP contribution is -2.45. The summed E-state index contributed by atoms with van der Waals surface area (Å²) >= 11 is 0. The van der Waals surface area contributed by atoms with E-state index >= 15 is 0 Å². The Balaban J connectivity index is 3.51. The third kappa shape index (κ3) is 51.3. The summed E-state index contributed by atoms with van der Waals surface area (Å²) in [5.74, 6) is -0.0903. The van der Waals surface area contributed by atoms with Crippen molar-refractivity contribution in [1.29, 1.82) is 0 Å². The van der Waals surface area contributed by atoms with Crippen LogP contribution in [-0.4, -0.2) is 47.4 Å². The Kier molecular flexibility index (Phi) is 53.1. The predicted molar refractivity (Wildman–Crippen MR) is 283 cm³/mol. The third-order valence-corrected chi connectivity index (χ3v) is 13.2. The molecule has 65 heavy (non-hydrogen) atoms. The molecule has 0 rings (SSSR count). The van der Waals surface area contributed by atoms with Crippen LogP contribution in [0, 0.1) is 0 Å². The molecule has 0 radical (unpaired) electrons. The van der Waals surface area contributed by atoms with Crippen molar-refractivity contribution in [1.82, 2.24) is 5.32 Å². The third-order valence-electron chi connectivity index (χ3n) is 13.2. The van der Waals surface area contributed by atoms with Crippen molar-refractivity contribution in [2.24, 2.45) is 0 Å². The second kappa shape index (κ2) is 54.7. The van der Waals surface area contributed by atoms with Crippen LogP contribution in [0.3, 0.4) is 0 Å². The van der Waals surface area contributed by atoms with E-state index < -0.39 is 12.1 Å². The van der Waals surface area contributed by atoms with Gasteiger partial charge in [-0.2, -0.15) is 0 Å². The Morgan fingerprint density at radius 2 is 0.754 bits per heavy atom. The summed E-state index contributed by atoms with van der Waals surface area (Å²) in [6, 6.07) is -0.636. The molecule has 0 saturated carbocycles. The number of rotatable bonds is 53.